The molecule has 0 saturated carbocycles. The highest BCUT2D eigenvalue weighted by Crippen LogP contribution is 2.38. The first-order valence-electron chi connectivity index (χ1n) is 23.7. The topological polar surface area (TPSA) is 94.1 Å². The average molecular weight is 848 g/mol. The molecule has 0 aromatic carbocycles. The van der Waals surface area contributed by atoms with Gasteiger partial charge >= 0.3 is 5.97 Å². The minimum atomic E-state index is -4.55. The van der Waals surface area contributed by atoms with Crippen LogP contribution in [0.4, 0.5) is 0 Å². The number of allylic oxidation sites excluding steroid dienone is 11. The standard InChI is InChI=1S/C50H90NO7P/c1-6-8-10-12-14-16-18-20-22-23-24-25-26-27-28-30-32-34-36-38-40-42-45-55-47-49(48-57-59(53,54)56-46-44-51(3,4)5)58-50(52)43-41-39-37-35-33-31-29-21-19-17-15-13-11-9-7-2/h9,11,15,17,21,23-24,29,33,35,39,41,49H,6-8,10,12-14,16,18-20,22,25-28,30-32,34,36-38,40,42-48H2,1-5H3/b11-9-,17-15-,24-23-,29-21-,35-33-,41-39-. The van der Waals surface area contributed by atoms with Crippen LogP contribution in [-0.2, 0) is 27.9 Å². The highest BCUT2D eigenvalue weighted by Gasteiger charge is 2.20. The molecule has 9 heteroatoms. The summed E-state index contributed by atoms with van der Waals surface area (Å²) >= 11 is 0. The molecular weight excluding hydrogens is 758 g/mol. The van der Waals surface area contributed by atoms with E-state index in [1.165, 1.54) is 116 Å². The number of unbranched alkanes of at least 4 members (excludes halogenated alkanes) is 18. The molecule has 0 radical (unpaired) electrons. The normalized spacial score (nSPS) is 14.3. The first-order valence-corrected chi connectivity index (χ1v) is 25.1. The largest absolute Gasteiger partial charge is 0.756 e. The van der Waals surface area contributed by atoms with Crippen LogP contribution in [0.3, 0.4) is 0 Å². The smallest absolute Gasteiger partial charge is 0.310 e. The molecule has 0 rings (SSSR count). The summed E-state index contributed by atoms with van der Waals surface area (Å²) in [6.45, 7) is 5.16. The molecule has 0 aliphatic heterocycles. The maximum atomic E-state index is 12.6. The number of phosphoric acid groups is 1. The fraction of sp³-hybridized carbons (Fsp3) is 0.740. The molecule has 0 fully saturated rings. The SMILES string of the molecule is CC/C=C\C/C=C\C/C=C\C/C=C\C/C=C\CC(=O)OC(COCCCCCCCCCCCC/C=C\CCCCCCCCCC)COP(=O)([O-])OCC[N+](C)(C)C. The van der Waals surface area contributed by atoms with Crippen LogP contribution in [0.1, 0.15) is 181 Å². The summed E-state index contributed by atoms with van der Waals surface area (Å²) in [5.41, 5.74) is 0. The molecule has 0 amide bonds. The fourth-order valence-electron chi connectivity index (χ4n) is 6.15. The van der Waals surface area contributed by atoms with Crippen molar-refractivity contribution in [3.63, 3.8) is 0 Å². The third-order valence-electron chi connectivity index (χ3n) is 9.77. The van der Waals surface area contributed by atoms with E-state index < -0.39 is 19.9 Å². The van der Waals surface area contributed by atoms with Crippen LogP contribution < -0.4 is 4.89 Å². The van der Waals surface area contributed by atoms with E-state index in [-0.39, 0.29) is 26.2 Å². The molecule has 2 atom stereocenters. The number of hydrogen-bond donors (Lipinski definition) is 0. The van der Waals surface area contributed by atoms with E-state index in [4.69, 9.17) is 18.5 Å². The van der Waals surface area contributed by atoms with Gasteiger partial charge in [0.1, 0.15) is 19.3 Å². The van der Waals surface area contributed by atoms with Crippen molar-refractivity contribution < 1.29 is 37.3 Å². The van der Waals surface area contributed by atoms with Gasteiger partial charge in [-0.25, -0.2) is 0 Å². The van der Waals surface area contributed by atoms with E-state index in [2.05, 4.69) is 74.6 Å². The lowest BCUT2D eigenvalue weighted by Gasteiger charge is -2.28. The second kappa shape index (κ2) is 42.6. The minimum absolute atomic E-state index is 0.00657. The van der Waals surface area contributed by atoms with Crippen molar-refractivity contribution in [2.45, 2.75) is 187 Å². The molecule has 0 saturated heterocycles. The summed E-state index contributed by atoms with van der Waals surface area (Å²) in [5.74, 6) is -0.462. The van der Waals surface area contributed by atoms with Crippen molar-refractivity contribution in [3.05, 3.63) is 72.9 Å². The predicted molar refractivity (Wildman–Crippen MR) is 249 cm³/mol. The number of phosphoric ester groups is 1. The Morgan fingerprint density at radius 3 is 1.46 bits per heavy atom. The molecule has 0 heterocycles. The number of hydrogen-bond acceptors (Lipinski definition) is 7. The van der Waals surface area contributed by atoms with Crippen molar-refractivity contribution in [1.82, 2.24) is 0 Å². The summed E-state index contributed by atoms with van der Waals surface area (Å²) in [4.78, 5) is 25.0. The molecule has 342 valence electrons. The highest BCUT2D eigenvalue weighted by molar-refractivity contribution is 7.45. The van der Waals surface area contributed by atoms with Gasteiger partial charge in [0.2, 0.25) is 0 Å². The van der Waals surface area contributed by atoms with E-state index in [0.717, 1.165) is 38.5 Å². The molecule has 0 aromatic rings. The van der Waals surface area contributed by atoms with Gasteiger partial charge in [-0.3, -0.25) is 9.36 Å². The lowest BCUT2D eigenvalue weighted by atomic mass is 10.1. The Balaban J connectivity index is 4.26. The van der Waals surface area contributed by atoms with Crippen LogP contribution >= 0.6 is 7.82 Å². The number of carbonyl (C=O) groups excluding carboxylic acids is 1. The molecule has 8 nitrogen and oxygen atoms in total. The van der Waals surface area contributed by atoms with E-state index in [1.54, 1.807) is 6.08 Å². The van der Waals surface area contributed by atoms with Crippen LogP contribution in [0.5, 0.6) is 0 Å². The highest BCUT2D eigenvalue weighted by atomic mass is 31.2. The number of quaternary nitrogens is 1. The first kappa shape index (κ1) is 56.9. The van der Waals surface area contributed by atoms with Gasteiger partial charge in [0.15, 0.2) is 0 Å². The Morgan fingerprint density at radius 2 is 0.983 bits per heavy atom. The molecule has 0 spiro atoms. The quantitative estimate of drug-likeness (QED) is 0.0198. The second-order valence-electron chi connectivity index (χ2n) is 16.7. The van der Waals surface area contributed by atoms with Gasteiger partial charge in [-0.15, -0.1) is 0 Å². The summed E-state index contributed by atoms with van der Waals surface area (Å²) in [6, 6.07) is 0. The maximum Gasteiger partial charge on any atom is 0.310 e. The zero-order chi connectivity index (χ0) is 43.4. The molecule has 0 aliphatic carbocycles. The van der Waals surface area contributed by atoms with Gasteiger partial charge in [0.05, 0.1) is 40.8 Å². The third-order valence-corrected chi connectivity index (χ3v) is 10.7. The Hall–Kier alpha value is -2.06. The number of esters is 1. The van der Waals surface area contributed by atoms with Gasteiger partial charge < -0.3 is 27.9 Å². The van der Waals surface area contributed by atoms with Crippen LogP contribution in [-0.4, -0.2) is 70.7 Å². The molecule has 0 aromatic heterocycles. The number of nitrogens with zero attached hydrogens (tertiary/aromatic N) is 1. The lowest BCUT2D eigenvalue weighted by molar-refractivity contribution is -0.870. The van der Waals surface area contributed by atoms with Crippen LogP contribution in [0.2, 0.25) is 0 Å². The third kappa shape index (κ3) is 46.9. The van der Waals surface area contributed by atoms with Gasteiger partial charge in [-0.05, 0) is 64.2 Å². The lowest BCUT2D eigenvalue weighted by Crippen LogP contribution is -2.37. The maximum absolute atomic E-state index is 12.6. The molecule has 2 unspecified atom stereocenters. The summed E-state index contributed by atoms with van der Waals surface area (Å²) in [5, 5.41) is 0. The Kier molecular flexibility index (Phi) is 41.1. The molecule has 0 N–H and O–H groups in total. The average Bonchev–Trinajstić information content (AvgIpc) is 3.19. The Labute approximate surface area is 363 Å². The zero-order valence-corrected chi connectivity index (χ0v) is 39.6. The van der Waals surface area contributed by atoms with Crippen LogP contribution in [0, 0.1) is 0 Å². The zero-order valence-electron chi connectivity index (χ0n) is 38.7. The monoisotopic (exact) mass is 848 g/mol. The molecule has 0 aliphatic rings. The van der Waals surface area contributed by atoms with Gasteiger partial charge in [-0.1, -0.05) is 183 Å². The minimum Gasteiger partial charge on any atom is -0.756 e. The fourth-order valence-corrected chi connectivity index (χ4v) is 6.87. The molecule has 0 bridgehead atoms. The van der Waals surface area contributed by atoms with E-state index in [1.807, 2.05) is 27.2 Å². The Morgan fingerprint density at radius 1 is 0.542 bits per heavy atom. The van der Waals surface area contributed by atoms with Crippen molar-refractivity contribution in [2.75, 3.05) is 54.1 Å². The summed E-state index contributed by atoms with van der Waals surface area (Å²) < 4.78 is 34.5. The van der Waals surface area contributed by atoms with Crippen molar-refractivity contribution in [1.29, 1.82) is 0 Å². The molecule has 59 heavy (non-hydrogen) atoms. The summed E-state index contributed by atoms with van der Waals surface area (Å²) in [7, 11) is 1.29. The number of likely N-dealkylation sites (N-methyl/N-ethyl adjacent to an activating group) is 1. The number of ether oxygens (including phenoxy) is 2. The number of carbonyl (C=O) groups is 1. The van der Waals surface area contributed by atoms with Gasteiger partial charge in [0.25, 0.3) is 7.82 Å². The van der Waals surface area contributed by atoms with Crippen LogP contribution in [0.25, 0.3) is 0 Å². The first-order chi connectivity index (χ1) is 28.6. The summed E-state index contributed by atoms with van der Waals surface area (Å²) in [6.07, 6.45) is 55.3. The van der Waals surface area contributed by atoms with E-state index >= 15 is 0 Å². The van der Waals surface area contributed by atoms with Crippen molar-refractivity contribution in [3.8, 4) is 0 Å². The van der Waals surface area contributed by atoms with Crippen molar-refractivity contribution >= 4 is 13.8 Å². The van der Waals surface area contributed by atoms with Gasteiger partial charge in [0, 0.05) is 6.61 Å². The predicted octanol–water partition coefficient (Wildman–Crippen LogP) is 13.6. The van der Waals surface area contributed by atoms with E-state index in [0.29, 0.717) is 24.1 Å². The number of rotatable bonds is 43. The second-order valence-corrected chi connectivity index (χ2v) is 18.2. The van der Waals surface area contributed by atoms with Crippen molar-refractivity contribution in [2.24, 2.45) is 0 Å². The molecular formula is C50H90NO7P. The van der Waals surface area contributed by atoms with Crippen LogP contribution in [0.15, 0.2) is 72.9 Å². The van der Waals surface area contributed by atoms with E-state index in [9.17, 15) is 14.3 Å². The Bertz CT molecular complexity index is 1170. The van der Waals surface area contributed by atoms with Gasteiger partial charge in [-0.2, -0.15) is 0 Å².